The molecule has 3 rings (SSSR count). The number of hydrogen-bond donors (Lipinski definition) is 2. The van der Waals surface area contributed by atoms with E-state index >= 15 is 0 Å². The van der Waals surface area contributed by atoms with Gasteiger partial charge in [0.25, 0.3) is 0 Å². The van der Waals surface area contributed by atoms with Crippen LogP contribution in [0.25, 0.3) is 10.8 Å². The fraction of sp³-hybridized carbons (Fsp3) is 0.200. The number of thiophene rings is 1. The van der Waals surface area contributed by atoms with Gasteiger partial charge in [-0.25, -0.2) is 4.79 Å². The van der Waals surface area contributed by atoms with E-state index in [0.717, 1.165) is 27.1 Å². The zero-order valence-corrected chi connectivity index (χ0v) is 14.9. The molecule has 0 fully saturated rings. The molecule has 0 bridgehead atoms. The lowest BCUT2D eigenvalue weighted by atomic mass is 10.0. The Morgan fingerprint density at radius 3 is 2.56 bits per heavy atom. The van der Waals surface area contributed by atoms with Crippen molar-refractivity contribution >= 4 is 33.9 Å². The number of urea groups is 1. The fourth-order valence-corrected chi connectivity index (χ4v) is 3.59. The molecule has 0 atom stereocenters. The highest BCUT2D eigenvalue weighted by molar-refractivity contribution is 7.14. The Hall–Kier alpha value is -2.66. The van der Waals surface area contributed by atoms with Crippen LogP contribution in [0.1, 0.15) is 27.0 Å². The van der Waals surface area contributed by atoms with E-state index in [9.17, 15) is 9.59 Å². The van der Waals surface area contributed by atoms with Gasteiger partial charge in [-0.15, -0.1) is 11.3 Å². The molecule has 0 saturated heterocycles. The summed E-state index contributed by atoms with van der Waals surface area (Å²) in [6, 6.07) is 17.8. The summed E-state index contributed by atoms with van der Waals surface area (Å²) in [4.78, 5) is 25.1. The van der Waals surface area contributed by atoms with E-state index in [-0.39, 0.29) is 11.8 Å². The molecule has 0 aliphatic heterocycles. The number of amides is 2. The van der Waals surface area contributed by atoms with Gasteiger partial charge in [-0.3, -0.25) is 4.79 Å². The fourth-order valence-electron chi connectivity index (χ4n) is 2.69. The topological polar surface area (TPSA) is 58.2 Å². The highest BCUT2D eigenvalue weighted by Gasteiger charge is 2.06. The Bertz CT molecular complexity index is 896. The van der Waals surface area contributed by atoms with E-state index in [0.29, 0.717) is 13.1 Å². The average molecular weight is 352 g/mol. The molecule has 0 aliphatic rings. The third kappa shape index (κ3) is 4.45. The van der Waals surface area contributed by atoms with Gasteiger partial charge < -0.3 is 10.6 Å². The lowest BCUT2D eigenvalue weighted by Gasteiger charge is -2.09. The molecular formula is C20H20N2O2S. The monoisotopic (exact) mass is 352 g/mol. The molecular weight excluding hydrogens is 332 g/mol. The summed E-state index contributed by atoms with van der Waals surface area (Å²) in [5.41, 5.74) is 1.10. The molecule has 2 amide bonds. The van der Waals surface area contributed by atoms with Crippen molar-refractivity contribution in [3.63, 3.8) is 0 Å². The summed E-state index contributed by atoms with van der Waals surface area (Å²) < 4.78 is 0. The minimum Gasteiger partial charge on any atom is -0.338 e. The summed E-state index contributed by atoms with van der Waals surface area (Å²) in [5.74, 6) is 0.0806. The maximum Gasteiger partial charge on any atom is 0.315 e. The van der Waals surface area contributed by atoms with Gasteiger partial charge in [0.1, 0.15) is 0 Å². The maximum absolute atomic E-state index is 12.0. The van der Waals surface area contributed by atoms with Gasteiger partial charge >= 0.3 is 6.03 Å². The number of fused-ring (bicyclic) bond motifs is 1. The molecule has 25 heavy (non-hydrogen) atoms. The first-order chi connectivity index (χ1) is 12.1. The van der Waals surface area contributed by atoms with Crippen molar-refractivity contribution in [1.82, 2.24) is 10.6 Å². The lowest BCUT2D eigenvalue weighted by molar-refractivity contribution is 0.102. The summed E-state index contributed by atoms with van der Waals surface area (Å²) in [7, 11) is 0. The van der Waals surface area contributed by atoms with Gasteiger partial charge in [-0.05, 0) is 41.8 Å². The molecule has 2 N–H and O–H groups in total. The molecule has 5 heteroatoms. The quantitative estimate of drug-likeness (QED) is 0.655. The zero-order chi connectivity index (χ0) is 17.6. The van der Waals surface area contributed by atoms with Crippen LogP contribution in [-0.2, 0) is 13.0 Å². The summed E-state index contributed by atoms with van der Waals surface area (Å²) in [6.45, 7) is 2.59. The Morgan fingerprint density at radius 2 is 1.76 bits per heavy atom. The Morgan fingerprint density at radius 1 is 0.960 bits per heavy atom. The molecule has 0 spiro atoms. The third-order valence-electron chi connectivity index (χ3n) is 3.98. The van der Waals surface area contributed by atoms with E-state index in [1.807, 2.05) is 36.4 Å². The van der Waals surface area contributed by atoms with Crippen LogP contribution in [0.4, 0.5) is 4.79 Å². The van der Waals surface area contributed by atoms with Crippen LogP contribution in [-0.4, -0.2) is 18.4 Å². The van der Waals surface area contributed by atoms with Crippen LogP contribution in [0.5, 0.6) is 0 Å². The molecule has 4 nitrogen and oxygen atoms in total. The summed E-state index contributed by atoms with van der Waals surface area (Å²) in [6.07, 6.45) is 0.722. The van der Waals surface area contributed by atoms with Crippen LogP contribution >= 0.6 is 11.3 Å². The third-order valence-corrected chi connectivity index (χ3v) is 5.23. The van der Waals surface area contributed by atoms with Crippen LogP contribution in [0.2, 0.25) is 0 Å². The van der Waals surface area contributed by atoms with Gasteiger partial charge in [-0.2, -0.15) is 0 Å². The largest absolute Gasteiger partial charge is 0.338 e. The molecule has 0 unspecified atom stereocenters. The van der Waals surface area contributed by atoms with E-state index in [1.54, 1.807) is 6.92 Å². The minimum absolute atomic E-state index is 0.0806. The standard InChI is InChI=1S/C20H20N2O2S/c1-14(23)19-10-9-17(25-19)11-12-21-20(24)22-13-16-7-4-6-15-5-2-3-8-18(15)16/h2-10H,11-13H2,1H3,(H2,21,22,24). The molecule has 2 aromatic carbocycles. The molecule has 128 valence electrons. The van der Waals surface area contributed by atoms with Gasteiger partial charge in [0.2, 0.25) is 0 Å². The van der Waals surface area contributed by atoms with Crippen molar-refractivity contribution in [3.8, 4) is 0 Å². The van der Waals surface area contributed by atoms with E-state index in [2.05, 4.69) is 28.8 Å². The Labute approximate surface area is 150 Å². The van der Waals surface area contributed by atoms with Gasteiger partial charge in [0.15, 0.2) is 5.78 Å². The van der Waals surface area contributed by atoms with Crippen molar-refractivity contribution in [2.45, 2.75) is 19.9 Å². The maximum atomic E-state index is 12.0. The molecule has 0 aliphatic carbocycles. The molecule has 1 aromatic heterocycles. The number of Topliss-reactive ketones (excluding diaryl/α,β-unsaturated/α-hetero) is 1. The average Bonchev–Trinajstić information content (AvgIpc) is 3.09. The number of rotatable bonds is 6. The minimum atomic E-state index is -0.184. The second kappa shape index (κ2) is 7.94. The van der Waals surface area contributed by atoms with Gasteiger partial charge in [-0.1, -0.05) is 42.5 Å². The second-order valence-corrected chi connectivity index (χ2v) is 6.99. The Kier molecular flexibility index (Phi) is 5.46. The lowest BCUT2D eigenvalue weighted by Crippen LogP contribution is -2.36. The smallest absolute Gasteiger partial charge is 0.315 e. The molecule has 0 saturated carbocycles. The van der Waals surface area contributed by atoms with Crippen molar-refractivity contribution in [2.24, 2.45) is 0 Å². The number of benzene rings is 2. The number of carbonyl (C=O) groups excluding carboxylic acids is 2. The normalized spacial score (nSPS) is 10.6. The highest BCUT2D eigenvalue weighted by Crippen LogP contribution is 2.18. The van der Waals surface area contributed by atoms with Crippen molar-refractivity contribution < 1.29 is 9.59 Å². The molecule has 3 aromatic rings. The first-order valence-electron chi connectivity index (χ1n) is 8.21. The van der Waals surface area contributed by atoms with Gasteiger partial charge in [0, 0.05) is 18.0 Å². The highest BCUT2D eigenvalue weighted by atomic mass is 32.1. The zero-order valence-electron chi connectivity index (χ0n) is 14.0. The second-order valence-electron chi connectivity index (χ2n) is 5.82. The number of nitrogens with one attached hydrogen (secondary N) is 2. The van der Waals surface area contributed by atoms with Crippen molar-refractivity contribution in [2.75, 3.05) is 6.54 Å². The van der Waals surface area contributed by atoms with E-state index in [4.69, 9.17) is 0 Å². The van der Waals surface area contributed by atoms with Gasteiger partial charge in [0.05, 0.1) is 4.88 Å². The van der Waals surface area contributed by atoms with Crippen molar-refractivity contribution in [1.29, 1.82) is 0 Å². The predicted octanol–water partition coefficient (Wildman–Crippen LogP) is 4.15. The van der Waals surface area contributed by atoms with Crippen LogP contribution < -0.4 is 10.6 Å². The summed E-state index contributed by atoms with van der Waals surface area (Å²) >= 11 is 1.48. The Balaban J connectivity index is 1.48. The van der Waals surface area contributed by atoms with Crippen molar-refractivity contribution in [3.05, 3.63) is 69.9 Å². The van der Waals surface area contributed by atoms with Crippen LogP contribution in [0.15, 0.2) is 54.6 Å². The molecule has 0 radical (unpaired) electrons. The number of ketones is 1. The summed E-state index contributed by atoms with van der Waals surface area (Å²) in [5, 5.41) is 8.08. The predicted molar refractivity (Wildman–Crippen MR) is 102 cm³/mol. The first kappa shape index (κ1) is 17.2. The van der Waals surface area contributed by atoms with Crippen LogP contribution in [0.3, 0.4) is 0 Å². The number of hydrogen-bond acceptors (Lipinski definition) is 3. The van der Waals surface area contributed by atoms with Crippen LogP contribution in [0, 0.1) is 0 Å². The molecule has 1 heterocycles. The van der Waals surface area contributed by atoms with E-state index < -0.39 is 0 Å². The number of carbonyl (C=O) groups is 2. The first-order valence-corrected chi connectivity index (χ1v) is 9.03. The SMILES string of the molecule is CC(=O)c1ccc(CCNC(=O)NCc2cccc3ccccc23)s1. The van der Waals surface area contributed by atoms with E-state index in [1.165, 1.54) is 16.7 Å².